The van der Waals surface area contributed by atoms with Crippen LogP contribution in [0.1, 0.15) is 20.8 Å². The minimum atomic E-state index is -3.10. The summed E-state index contributed by atoms with van der Waals surface area (Å²) in [5.74, 6) is 0.521. The molecule has 0 aliphatic carbocycles. The number of hydrogen-bond acceptors (Lipinski definition) is 6. The van der Waals surface area contributed by atoms with Gasteiger partial charge >= 0.3 is 0 Å². The number of rotatable bonds is 4. The molecule has 7 nitrogen and oxygen atoms in total. The fraction of sp³-hybridized carbons (Fsp3) is 0.875. The Morgan fingerprint density at radius 2 is 2.00 bits per heavy atom. The van der Waals surface area contributed by atoms with E-state index in [-0.39, 0.29) is 5.75 Å². The maximum Gasteiger partial charge on any atom is 0.242 e. The van der Waals surface area contributed by atoms with Gasteiger partial charge in [-0.05, 0) is 31.2 Å². The van der Waals surface area contributed by atoms with E-state index in [1.807, 2.05) is 0 Å². The van der Waals surface area contributed by atoms with Gasteiger partial charge in [-0.25, -0.2) is 13.1 Å². The highest BCUT2D eigenvalue weighted by Crippen LogP contribution is 2.15. The number of anilines is 1. The molecular formula is C8H17N5O2S. The van der Waals surface area contributed by atoms with Crippen LogP contribution in [0.5, 0.6) is 0 Å². The summed E-state index contributed by atoms with van der Waals surface area (Å²) in [6, 6.07) is 0. The molecule has 0 spiro atoms. The Morgan fingerprint density at radius 1 is 1.38 bits per heavy atom. The van der Waals surface area contributed by atoms with Gasteiger partial charge in [0.2, 0.25) is 5.95 Å². The van der Waals surface area contributed by atoms with Gasteiger partial charge in [0.1, 0.15) is 0 Å². The van der Waals surface area contributed by atoms with Crippen LogP contribution in [0.25, 0.3) is 0 Å². The fourth-order valence-electron chi connectivity index (χ4n) is 0.983. The molecule has 1 rings (SSSR count). The smallest absolute Gasteiger partial charge is 0.242 e. The fourth-order valence-corrected chi connectivity index (χ4v) is 1.97. The maximum atomic E-state index is 11.8. The molecule has 0 saturated carbocycles. The van der Waals surface area contributed by atoms with E-state index in [2.05, 4.69) is 20.8 Å². The number of aromatic nitrogens is 4. The van der Waals surface area contributed by atoms with Gasteiger partial charge in [-0.3, -0.25) is 0 Å². The molecular weight excluding hydrogens is 230 g/mol. The molecule has 16 heavy (non-hydrogen) atoms. The molecule has 1 N–H and O–H groups in total. The molecule has 0 aromatic carbocycles. The van der Waals surface area contributed by atoms with E-state index >= 15 is 0 Å². The number of aryl methyl sites for hydroxylation is 1. The quantitative estimate of drug-likeness (QED) is 0.795. The average molecular weight is 247 g/mol. The summed E-state index contributed by atoms with van der Waals surface area (Å²) in [6.07, 6.45) is 0. The van der Waals surface area contributed by atoms with E-state index in [1.54, 1.807) is 27.8 Å². The summed E-state index contributed by atoms with van der Waals surface area (Å²) >= 11 is 0. The van der Waals surface area contributed by atoms with Crippen molar-refractivity contribution >= 4 is 15.8 Å². The van der Waals surface area contributed by atoms with E-state index in [9.17, 15) is 8.42 Å². The van der Waals surface area contributed by atoms with E-state index < -0.39 is 14.6 Å². The van der Waals surface area contributed by atoms with E-state index in [1.165, 1.54) is 4.68 Å². The van der Waals surface area contributed by atoms with Crippen LogP contribution in [-0.2, 0) is 16.9 Å². The van der Waals surface area contributed by atoms with Crippen molar-refractivity contribution < 1.29 is 8.42 Å². The van der Waals surface area contributed by atoms with Crippen molar-refractivity contribution in [1.82, 2.24) is 20.2 Å². The van der Waals surface area contributed by atoms with Gasteiger partial charge in [0, 0.05) is 13.6 Å². The van der Waals surface area contributed by atoms with Gasteiger partial charge in [-0.15, -0.1) is 0 Å². The average Bonchev–Trinajstić information content (AvgIpc) is 2.49. The van der Waals surface area contributed by atoms with Gasteiger partial charge in [0.25, 0.3) is 0 Å². The van der Waals surface area contributed by atoms with Crippen LogP contribution in [0.2, 0.25) is 0 Å². The Morgan fingerprint density at radius 3 is 2.44 bits per heavy atom. The first-order chi connectivity index (χ1) is 7.24. The Bertz CT molecular complexity index is 445. The highest BCUT2D eigenvalue weighted by Gasteiger charge is 2.28. The summed E-state index contributed by atoms with van der Waals surface area (Å²) in [5, 5.41) is 13.6. The van der Waals surface area contributed by atoms with Crippen molar-refractivity contribution in [2.45, 2.75) is 25.5 Å². The third kappa shape index (κ3) is 2.91. The maximum absolute atomic E-state index is 11.8. The SMILES string of the molecule is Cn1nnnc1NCCS(=O)(=O)C(C)(C)C. The predicted octanol–water partition coefficient (Wildman–Crippen LogP) is -0.165. The normalized spacial score (nSPS) is 12.8. The summed E-state index contributed by atoms with van der Waals surface area (Å²) in [5.41, 5.74) is 0. The lowest BCUT2D eigenvalue weighted by Crippen LogP contribution is -2.33. The van der Waals surface area contributed by atoms with Crippen LogP contribution < -0.4 is 5.32 Å². The highest BCUT2D eigenvalue weighted by molar-refractivity contribution is 7.92. The lowest BCUT2D eigenvalue weighted by molar-refractivity contribution is 0.560. The van der Waals surface area contributed by atoms with Crippen LogP contribution >= 0.6 is 0 Å². The predicted molar refractivity (Wildman–Crippen MR) is 60.8 cm³/mol. The zero-order valence-electron chi connectivity index (χ0n) is 9.93. The third-order valence-corrected chi connectivity index (χ3v) is 4.81. The lowest BCUT2D eigenvalue weighted by Gasteiger charge is -2.19. The minimum absolute atomic E-state index is 0.0589. The topological polar surface area (TPSA) is 89.8 Å². The molecule has 0 radical (unpaired) electrons. The number of sulfone groups is 1. The Kier molecular flexibility index (Phi) is 3.51. The lowest BCUT2D eigenvalue weighted by atomic mass is 10.3. The van der Waals surface area contributed by atoms with Crippen LogP contribution in [0.3, 0.4) is 0 Å². The van der Waals surface area contributed by atoms with Gasteiger partial charge in [-0.1, -0.05) is 5.10 Å². The van der Waals surface area contributed by atoms with Crippen molar-refractivity contribution in [1.29, 1.82) is 0 Å². The van der Waals surface area contributed by atoms with Crippen LogP contribution in [0.15, 0.2) is 0 Å². The summed E-state index contributed by atoms with van der Waals surface area (Å²) in [6.45, 7) is 5.36. The Balaban J connectivity index is 2.52. The first kappa shape index (κ1) is 12.9. The third-order valence-electron chi connectivity index (χ3n) is 2.21. The standard InChI is InChI=1S/C8H17N5O2S/c1-8(2,3)16(14,15)6-5-9-7-10-11-12-13(7)4/h5-6H2,1-4H3,(H,9,10,12). The van der Waals surface area contributed by atoms with Crippen LogP contribution in [0, 0.1) is 0 Å². The van der Waals surface area contributed by atoms with E-state index in [0.29, 0.717) is 12.5 Å². The number of hydrogen-bond donors (Lipinski definition) is 1. The minimum Gasteiger partial charge on any atom is -0.352 e. The molecule has 1 aromatic heterocycles. The number of nitrogens with zero attached hydrogens (tertiary/aromatic N) is 4. The van der Waals surface area contributed by atoms with Crippen molar-refractivity contribution in [2.24, 2.45) is 7.05 Å². The zero-order chi connectivity index (χ0) is 12.4. The van der Waals surface area contributed by atoms with Crippen molar-refractivity contribution in [3.05, 3.63) is 0 Å². The first-order valence-corrected chi connectivity index (χ1v) is 6.58. The molecule has 0 aliphatic heterocycles. The zero-order valence-corrected chi connectivity index (χ0v) is 10.7. The molecule has 8 heteroatoms. The number of nitrogens with one attached hydrogen (secondary N) is 1. The summed E-state index contributed by atoms with van der Waals surface area (Å²) in [7, 11) is -1.42. The van der Waals surface area contributed by atoms with Gasteiger partial charge in [0.15, 0.2) is 9.84 Å². The van der Waals surface area contributed by atoms with Crippen LogP contribution in [0.4, 0.5) is 5.95 Å². The second-order valence-corrected chi connectivity index (χ2v) is 7.35. The first-order valence-electron chi connectivity index (χ1n) is 4.92. The molecule has 0 aliphatic rings. The van der Waals surface area contributed by atoms with Crippen molar-refractivity contribution in [2.75, 3.05) is 17.6 Å². The second kappa shape index (κ2) is 4.36. The van der Waals surface area contributed by atoms with Crippen LogP contribution in [-0.4, -0.2) is 45.7 Å². The second-order valence-electron chi connectivity index (χ2n) is 4.48. The highest BCUT2D eigenvalue weighted by atomic mass is 32.2. The molecule has 0 bridgehead atoms. The van der Waals surface area contributed by atoms with Gasteiger partial charge < -0.3 is 5.32 Å². The molecule has 0 amide bonds. The molecule has 92 valence electrons. The molecule has 0 saturated heterocycles. The summed E-state index contributed by atoms with van der Waals surface area (Å²) < 4.78 is 24.3. The Labute approximate surface area is 95.1 Å². The van der Waals surface area contributed by atoms with E-state index in [4.69, 9.17) is 0 Å². The molecule has 1 heterocycles. The Hall–Kier alpha value is -1.18. The summed E-state index contributed by atoms with van der Waals surface area (Å²) in [4.78, 5) is 0. The largest absolute Gasteiger partial charge is 0.352 e. The van der Waals surface area contributed by atoms with Crippen molar-refractivity contribution in [3.8, 4) is 0 Å². The van der Waals surface area contributed by atoms with Gasteiger partial charge in [-0.2, -0.15) is 0 Å². The van der Waals surface area contributed by atoms with E-state index in [0.717, 1.165) is 0 Å². The monoisotopic (exact) mass is 247 g/mol. The number of tetrazole rings is 1. The molecule has 0 fully saturated rings. The van der Waals surface area contributed by atoms with Crippen molar-refractivity contribution in [3.63, 3.8) is 0 Å². The molecule has 0 unspecified atom stereocenters. The molecule has 1 aromatic rings. The van der Waals surface area contributed by atoms with Gasteiger partial charge in [0.05, 0.1) is 10.5 Å². The molecule has 0 atom stereocenters.